The molecule has 0 saturated heterocycles. The van der Waals surface area contributed by atoms with Crippen LogP contribution in [0.25, 0.3) is 0 Å². The molecule has 0 spiro atoms. The summed E-state index contributed by atoms with van der Waals surface area (Å²) in [4.78, 5) is 2.28. The van der Waals surface area contributed by atoms with E-state index in [1.54, 1.807) is 12.1 Å². The van der Waals surface area contributed by atoms with Crippen LogP contribution in [0, 0.1) is 5.82 Å². The predicted molar refractivity (Wildman–Crippen MR) is 81.2 cm³/mol. The Morgan fingerprint density at radius 1 is 1.21 bits per heavy atom. The molecule has 1 aromatic rings. The molecule has 1 aromatic carbocycles. The molecule has 0 saturated carbocycles. The number of halogens is 1. The Balaban J connectivity index is 2.91. The van der Waals surface area contributed by atoms with Gasteiger partial charge in [0.2, 0.25) is 0 Å². The maximum atomic E-state index is 13.4. The molecule has 0 radical (unpaired) electrons. The molecule has 3 heteroatoms. The number of anilines is 1. The van der Waals surface area contributed by atoms with Gasteiger partial charge in [0.05, 0.1) is 0 Å². The van der Waals surface area contributed by atoms with E-state index in [2.05, 4.69) is 38.0 Å². The molecule has 0 bridgehead atoms. The van der Waals surface area contributed by atoms with Crippen LogP contribution in [0.1, 0.15) is 45.6 Å². The van der Waals surface area contributed by atoms with E-state index in [0.717, 1.165) is 43.6 Å². The summed E-state index contributed by atoms with van der Waals surface area (Å²) in [6.45, 7) is 8.22. The van der Waals surface area contributed by atoms with Crippen molar-refractivity contribution in [2.45, 2.75) is 52.6 Å². The highest BCUT2D eigenvalue weighted by atomic mass is 19.1. The van der Waals surface area contributed by atoms with Gasteiger partial charge in [-0.2, -0.15) is 0 Å². The van der Waals surface area contributed by atoms with Crippen molar-refractivity contribution in [1.82, 2.24) is 5.32 Å². The monoisotopic (exact) mass is 266 g/mol. The van der Waals surface area contributed by atoms with Crippen molar-refractivity contribution >= 4 is 5.69 Å². The summed E-state index contributed by atoms with van der Waals surface area (Å²) in [6, 6.07) is 5.61. The van der Waals surface area contributed by atoms with Gasteiger partial charge < -0.3 is 10.2 Å². The molecule has 0 fully saturated rings. The standard InChI is InChI=1S/C16H27FN2/c1-5-10-18-12-13-11-14(17)8-9-16(13)19(4)15(6-2)7-3/h8-9,11,15,18H,5-7,10,12H2,1-4H3. The number of hydrogen-bond donors (Lipinski definition) is 1. The Bertz CT molecular complexity index is 375. The molecule has 0 amide bonds. The summed E-state index contributed by atoms with van der Waals surface area (Å²) in [7, 11) is 2.11. The third kappa shape index (κ3) is 4.50. The van der Waals surface area contributed by atoms with Crippen molar-refractivity contribution in [1.29, 1.82) is 0 Å². The van der Waals surface area contributed by atoms with Crippen LogP contribution in [-0.2, 0) is 6.54 Å². The third-order valence-electron chi connectivity index (χ3n) is 3.65. The lowest BCUT2D eigenvalue weighted by atomic mass is 10.1. The van der Waals surface area contributed by atoms with E-state index in [1.807, 2.05) is 6.07 Å². The fourth-order valence-electron chi connectivity index (χ4n) is 2.47. The Morgan fingerprint density at radius 2 is 1.89 bits per heavy atom. The lowest BCUT2D eigenvalue weighted by molar-refractivity contribution is 0.583. The van der Waals surface area contributed by atoms with Crippen LogP contribution in [0.15, 0.2) is 18.2 Å². The third-order valence-corrected chi connectivity index (χ3v) is 3.65. The minimum absolute atomic E-state index is 0.157. The molecule has 0 unspecified atom stereocenters. The number of nitrogens with zero attached hydrogens (tertiary/aromatic N) is 1. The van der Waals surface area contributed by atoms with E-state index < -0.39 is 0 Å². The van der Waals surface area contributed by atoms with Gasteiger partial charge in [-0.25, -0.2) is 4.39 Å². The quantitative estimate of drug-likeness (QED) is 0.717. The van der Waals surface area contributed by atoms with Crippen LogP contribution in [-0.4, -0.2) is 19.6 Å². The molecule has 0 aliphatic rings. The SMILES string of the molecule is CCCNCc1cc(F)ccc1N(C)C(CC)CC. The molecule has 0 aliphatic carbocycles. The minimum Gasteiger partial charge on any atom is -0.371 e. The lowest BCUT2D eigenvalue weighted by Crippen LogP contribution is -2.31. The molecule has 1 N–H and O–H groups in total. The van der Waals surface area contributed by atoms with Crippen LogP contribution < -0.4 is 10.2 Å². The Labute approximate surface area is 117 Å². The summed E-state index contributed by atoms with van der Waals surface area (Å²) in [6.07, 6.45) is 3.30. The first-order chi connectivity index (χ1) is 9.13. The zero-order valence-electron chi connectivity index (χ0n) is 12.7. The van der Waals surface area contributed by atoms with Crippen LogP contribution in [0.5, 0.6) is 0 Å². The minimum atomic E-state index is -0.157. The highest BCUT2D eigenvalue weighted by Gasteiger charge is 2.14. The molecule has 19 heavy (non-hydrogen) atoms. The molecule has 0 heterocycles. The first kappa shape index (κ1) is 16.0. The first-order valence-electron chi connectivity index (χ1n) is 7.35. The van der Waals surface area contributed by atoms with E-state index in [-0.39, 0.29) is 5.82 Å². The molecule has 0 aromatic heterocycles. The summed E-state index contributed by atoms with van der Waals surface area (Å²) >= 11 is 0. The topological polar surface area (TPSA) is 15.3 Å². The molecule has 0 atom stereocenters. The van der Waals surface area contributed by atoms with Gasteiger partial charge in [-0.3, -0.25) is 0 Å². The van der Waals surface area contributed by atoms with Crippen molar-refractivity contribution < 1.29 is 4.39 Å². The molecule has 2 nitrogen and oxygen atoms in total. The summed E-state index contributed by atoms with van der Waals surface area (Å²) in [5, 5.41) is 3.36. The van der Waals surface area contributed by atoms with Crippen molar-refractivity contribution in [2.24, 2.45) is 0 Å². The lowest BCUT2D eigenvalue weighted by Gasteiger charge is -2.30. The molecular formula is C16H27FN2. The highest BCUT2D eigenvalue weighted by molar-refractivity contribution is 5.54. The van der Waals surface area contributed by atoms with Crippen molar-refractivity contribution in [3.05, 3.63) is 29.6 Å². The second-order valence-electron chi connectivity index (χ2n) is 5.03. The van der Waals surface area contributed by atoms with Crippen LogP contribution in [0.4, 0.5) is 10.1 Å². The predicted octanol–water partition coefficient (Wildman–Crippen LogP) is 3.95. The number of benzene rings is 1. The van der Waals surface area contributed by atoms with Crippen molar-refractivity contribution in [3.63, 3.8) is 0 Å². The van der Waals surface area contributed by atoms with Gasteiger partial charge in [0.15, 0.2) is 0 Å². The summed E-state index contributed by atoms with van der Waals surface area (Å²) in [5.41, 5.74) is 2.18. The van der Waals surface area contributed by atoms with E-state index in [9.17, 15) is 4.39 Å². The first-order valence-corrected chi connectivity index (χ1v) is 7.35. The molecule has 0 aliphatic heterocycles. The summed E-state index contributed by atoms with van der Waals surface area (Å²) < 4.78 is 13.4. The summed E-state index contributed by atoms with van der Waals surface area (Å²) in [5.74, 6) is -0.157. The Morgan fingerprint density at radius 3 is 2.47 bits per heavy atom. The second-order valence-corrected chi connectivity index (χ2v) is 5.03. The van der Waals surface area contributed by atoms with Gasteiger partial charge >= 0.3 is 0 Å². The van der Waals surface area contributed by atoms with E-state index in [1.165, 1.54) is 0 Å². The van der Waals surface area contributed by atoms with E-state index in [4.69, 9.17) is 0 Å². The van der Waals surface area contributed by atoms with Crippen LogP contribution in [0.2, 0.25) is 0 Å². The molecule has 108 valence electrons. The number of hydrogen-bond acceptors (Lipinski definition) is 2. The van der Waals surface area contributed by atoms with Gasteiger partial charge in [-0.05, 0) is 49.6 Å². The zero-order valence-corrected chi connectivity index (χ0v) is 12.7. The average molecular weight is 266 g/mol. The van der Waals surface area contributed by atoms with Gasteiger partial charge in [0.25, 0.3) is 0 Å². The van der Waals surface area contributed by atoms with Gasteiger partial charge in [0, 0.05) is 25.3 Å². The van der Waals surface area contributed by atoms with E-state index in [0.29, 0.717) is 6.04 Å². The normalized spacial score (nSPS) is 11.1. The average Bonchev–Trinajstić information content (AvgIpc) is 2.40. The van der Waals surface area contributed by atoms with Crippen LogP contribution >= 0.6 is 0 Å². The highest BCUT2D eigenvalue weighted by Crippen LogP contribution is 2.24. The van der Waals surface area contributed by atoms with E-state index >= 15 is 0 Å². The molecular weight excluding hydrogens is 239 g/mol. The largest absolute Gasteiger partial charge is 0.371 e. The Kier molecular flexibility index (Phi) is 6.85. The number of rotatable bonds is 8. The smallest absolute Gasteiger partial charge is 0.123 e. The second kappa shape index (κ2) is 8.16. The van der Waals surface area contributed by atoms with Crippen molar-refractivity contribution in [3.8, 4) is 0 Å². The van der Waals surface area contributed by atoms with Crippen LogP contribution in [0.3, 0.4) is 0 Å². The fourth-order valence-corrected chi connectivity index (χ4v) is 2.47. The molecule has 1 rings (SSSR count). The Hall–Kier alpha value is -1.09. The van der Waals surface area contributed by atoms with Gasteiger partial charge in [0.1, 0.15) is 5.82 Å². The maximum absolute atomic E-state index is 13.4. The maximum Gasteiger partial charge on any atom is 0.123 e. The number of nitrogens with one attached hydrogen (secondary N) is 1. The van der Waals surface area contributed by atoms with Gasteiger partial charge in [-0.15, -0.1) is 0 Å². The fraction of sp³-hybridized carbons (Fsp3) is 0.625. The van der Waals surface area contributed by atoms with Gasteiger partial charge in [-0.1, -0.05) is 20.8 Å². The zero-order chi connectivity index (χ0) is 14.3. The van der Waals surface area contributed by atoms with Crippen molar-refractivity contribution in [2.75, 3.05) is 18.5 Å².